The van der Waals surface area contributed by atoms with Gasteiger partial charge in [0.2, 0.25) is 10.0 Å². The van der Waals surface area contributed by atoms with Crippen molar-refractivity contribution in [3.05, 3.63) is 65.2 Å². The minimum atomic E-state index is -3.56. The molecule has 0 aromatic heterocycles. The number of likely N-dealkylation sites (tertiary alicyclic amines) is 1. The number of piperidine rings is 1. The molecule has 1 aliphatic rings. The highest BCUT2D eigenvalue weighted by atomic mass is 32.2. The van der Waals surface area contributed by atoms with Crippen LogP contribution in [0.5, 0.6) is 0 Å². The highest BCUT2D eigenvalue weighted by molar-refractivity contribution is 7.89. The Kier molecular flexibility index (Phi) is 7.86. The van der Waals surface area contributed by atoms with Crippen molar-refractivity contribution in [2.45, 2.75) is 63.6 Å². The predicted molar refractivity (Wildman–Crippen MR) is 123 cm³/mol. The lowest BCUT2D eigenvalue weighted by atomic mass is 10.0. The highest BCUT2D eigenvalue weighted by Gasteiger charge is 2.22. The first-order valence-corrected chi connectivity index (χ1v) is 12.5. The van der Waals surface area contributed by atoms with Gasteiger partial charge in [-0.2, -0.15) is 0 Å². The molecule has 2 N–H and O–H groups in total. The molecular formula is C24H33N3O3S. The van der Waals surface area contributed by atoms with E-state index >= 15 is 0 Å². The van der Waals surface area contributed by atoms with Crippen molar-refractivity contribution in [2.24, 2.45) is 0 Å². The Morgan fingerprint density at radius 2 is 1.81 bits per heavy atom. The van der Waals surface area contributed by atoms with E-state index < -0.39 is 10.0 Å². The Morgan fingerprint density at radius 1 is 1.13 bits per heavy atom. The molecule has 3 rings (SSSR count). The molecule has 1 amide bonds. The molecule has 6 nitrogen and oxygen atoms in total. The minimum Gasteiger partial charge on any atom is -0.349 e. The average molecular weight is 444 g/mol. The van der Waals surface area contributed by atoms with E-state index in [1.807, 2.05) is 13.8 Å². The van der Waals surface area contributed by atoms with Gasteiger partial charge in [0.25, 0.3) is 5.91 Å². The van der Waals surface area contributed by atoms with Gasteiger partial charge in [0.15, 0.2) is 0 Å². The van der Waals surface area contributed by atoms with Crippen LogP contribution in [0.3, 0.4) is 0 Å². The van der Waals surface area contributed by atoms with Crippen molar-refractivity contribution in [1.29, 1.82) is 0 Å². The summed E-state index contributed by atoms with van der Waals surface area (Å²) in [6.45, 7) is 8.67. The van der Waals surface area contributed by atoms with E-state index in [1.54, 1.807) is 12.1 Å². The predicted octanol–water partition coefficient (Wildman–Crippen LogP) is 3.47. The second-order valence-corrected chi connectivity index (χ2v) is 10.2. The number of sulfonamides is 1. The van der Waals surface area contributed by atoms with E-state index in [1.165, 1.54) is 23.3 Å². The number of nitrogens with zero attached hydrogens (tertiary/aromatic N) is 1. The van der Waals surface area contributed by atoms with Gasteiger partial charge in [0.1, 0.15) is 0 Å². The summed E-state index contributed by atoms with van der Waals surface area (Å²) in [5, 5.41) is 3.10. The number of hydrogen-bond donors (Lipinski definition) is 2. The monoisotopic (exact) mass is 443 g/mol. The minimum absolute atomic E-state index is 0.134. The number of nitrogens with one attached hydrogen (secondary N) is 2. The van der Waals surface area contributed by atoms with Crippen molar-refractivity contribution in [1.82, 2.24) is 14.9 Å². The largest absolute Gasteiger partial charge is 0.349 e. The molecule has 0 aliphatic carbocycles. The summed E-state index contributed by atoms with van der Waals surface area (Å²) in [6, 6.07) is 14.7. The summed E-state index contributed by atoms with van der Waals surface area (Å²) in [4.78, 5) is 15.2. The molecular weight excluding hydrogens is 410 g/mol. The van der Waals surface area contributed by atoms with E-state index in [9.17, 15) is 13.2 Å². The van der Waals surface area contributed by atoms with Crippen LogP contribution in [0, 0.1) is 6.92 Å². The van der Waals surface area contributed by atoms with Gasteiger partial charge in [-0.15, -0.1) is 0 Å². The van der Waals surface area contributed by atoms with E-state index in [0.717, 1.165) is 32.5 Å². The fraction of sp³-hybridized carbons (Fsp3) is 0.458. The standard InChI is InChI=1S/C24H33N3O3S/c1-4-19(3)26-31(29,30)23-10-8-21(9-11-23)24(28)25-22-12-14-27(15-13-22)17-20-7-5-6-18(2)16-20/h5-11,16,19,22,26H,4,12-15,17H2,1-3H3,(H,25,28). The van der Waals surface area contributed by atoms with Gasteiger partial charge in [0, 0.05) is 37.3 Å². The molecule has 0 spiro atoms. The van der Waals surface area contributed by atoms with E-state index in [4.69, 9.17) is 0 Å². The Balaban J connectivity index is 1.50. The van der Waals surface area contributed by atoms with Gasteiger partial charge in [0.05, 0.1) is 4.90 Å². The molecule has 2 aromatic carbocycles. The van der Waals surface area contributed by atoms with E-state index in [0.29, 0.717) is 12.0 Å². The maximum Gasteiger partial charge on any atom is 0.251 e. The summed E-state index contributed by atoms with van der Waals surface area (Å²) >= 11 is 0. The first-order valence-electron chi connectivity index (χ1n) is 11.0. The van der Waals surface area contributed by atoms with E-state index in [2.05, 4.69) is 46.1 Å². The van der Waals surface area contributed by atoms with Gasteiger partial charge in [-0.05, 0) is 62.9 Å². The number of carbonyl (C=O) groups is 1. The fourth-order valence-electron chi connectivity index (χ4n) is 3.77. The van der Waals surface area contributed by atoms with Gasteiger partial charge >= 0.3 is 0 Å². The first-order chi connectivity index (χ1) is 14.8. The third kappa shape index (κ3) is 6.63. The van der Waals surface area contributed by atoms with Crippen molar-refractivity contribution in [3.63, 3.8) is 0 Å². The van der Waals surface area contributed by atoms with Crippen LogP contribution in [0.25, 0.3) is 0 Å². The SMILES string of the molecule is CCC(C)NS(=O)(=O)c1ccc(C(=O)NC2CCN(Cc3cccc(C)c3)CC2)cc1. The second-order valence-electron chi connectivity index (χ2n) is 8.47. The van der Waals surface area contributed by atoms with Crippen LogP contribution < -0.4 is 10.0 Å². The van der Waals surface area contributed by atoms with Crippen molar-refractivity contribution >= 4 is 15.9 Å². The maximum absolute atomic E-state index is 12.6. The Bertz CT molecular complexity index is 981. The van der Waals surface area contributed by atoms with E-state index in [-0.39, 0.29) is 22.9 Å². The molecule has 1 fully saturated rings. The molecule has 1 atom stereocenters. The quantitative estimate of drug-likeness (QED) is 0.655. The number of hydrogen-bond acceptors (Lipinski definition) is 4. The normalized spacial score (nSPS) is 16.7. The molecule has 2 aromatic rings. The van der Waals surface area contributed by atoms with Crippen LogP contribution in [-0.4, -0.2) is 44.4 Å². The van der Waals surface area contributed by atoms with Gasteiger partial charge in [-0.3, -0.25) is 9.69 Å². The topological polar surface area (TPSA) is 78.5 Å². The summed E-state index contributed by atoms with van der Waals surface area (Å²) < 4.78 is 27.4. The lowest BCUT2D eigenvalue weighted by Crippen LogP contribution is -2.44. The molecule has 7 heteroatoms. The van der Waals surface area contributed by atoms with Crippen LogP contribution in [0.1, 0.15) is 54.6 Å². The lowest BCUT2D eigenvalue weighted by molar-refractivity contribution is 0.0909. The zero-order chi connectivity index (χ0) is 22.4. The third-order valence-corrected chi connectivity index (χ3v) is 7.41. The van der Waals surface area contributed by atoms with Crippen LogP contribution >= 0.6 is 0 Å². The summed E-state index contributed by atoms with van der Waals surface area (Å²) in [5.74, 6) is -0.157. The molecule has 168 valence electrons. The maximum atomic E-state index is 12.6. The Morgan fingerprint density at radius 3 is 2.42 bits per heavy atom. The van der Waals surface area contributed by atoms with Gasteiger partial charge in [-0.25, -0.2) is 13.1 Å². The van der Waals surface area contributed by atoms with Gasteiger partial charge in [-0.1, -0.05) is 36.8 Å². The summed E-state index contributed by atoms with van der Waals surface area (Å²) in [7, 11) is -3.56. The van der Waals surface area contributed by atoms with Crippen molar-refractivity contribution in [2.75, 3.05) is 13.1 Å². The molecule has 1 saturated heterocycles. The van der Waals surface area contributed by atoms with Crippen molar-refractivity contribution in [3.8, 4) is 0 Å². The van der Waals surface area contributed by atoms with Gasteiger partial charge < -0.3 is 5.32 Å². The third-order valence-electron chi connectivity index (χ3n) is 5.81. The number of benzene rings is 2. The summed E-state index contributed by atoms with van der Waals surface area (Å²) in [5.41, 5.74) is 3.07. The molecule has 1 aliphatic heterocycles. The zero-order valence-electron chi connectivity index (χ0n) is 18.6. The van der Waals surface area contributed by atoms with Crippen LogP contribution in [0.15, 0.2) is 53.4 Å². The molecule has 1 heterocycles. The molecule has 1 unspecified atom stereocenters. The number of amides is 1. The average Bonchev–Trinajstić information content (AvgIpc) is 2.75. The lowest BCUT2D eigenvalue weighted by Gasteiger charge is -2.32. The van der Waals surface area contributed by atoms with Crippen molar-refractivity contribution < 1.29 is 13.2 Å². The van der Waals surface area contributed by atoms with Crippen LogP contribution in [-0.2, 0) is 16.6 Å². The molecule has 0 saturated carbocycles. The summed E-state index contributed by atoms with van der Waals surface area (Å²) in [6.07, 6.45) is 2.52. The molecule has 0 bridgehead atoms. The zero-order valence-corrected chi connectivity index (χ0v) is 19.4. The highest BCUT2D eigenvalue weighted by Crippen LogP contribution is 2.16. The molecule has 31 heavy (non-hydrogen) atoms. The second kappa shape index (κ2) is 10.4. The number of rotatable bonds is 8. The van der Waals surface area contributed by atoms with Crippen LogP contribution in [0.4, 0.5) is 0 Å². The number of carbonyl (C=O) groups excluding carboxylic acids is 1. The molecule has 0 radical (unpaired) electrons. The number of aryl methyl sites for hydroxylation is 1. The fourth-order valence-corrected chi connectivity index (χ4v) is 5.10. The van der Waals surface area contributed by atoms with Crippen LogP contribution in [0.2, 0.25) is 0 Å². The smallest absolute Gasteiger partial charge is 0.251 e. The Labute approximate surface area is 186 Å². The first kappa shape index (κ1) is 23.4. The Hall–Kier alpha value is -2.22.